The average molecular weight is 448 g/mol. The third-order valence-corrected chi connectivity index (χ3v) is 6.42. The molecule has 2 aromatic carbocycles. The SMILES string of the molecule is COc1ccc(OC)c(C2CCCN2CC(=O)NCCc2ccc(S(N)(=O)=O)cc2)c1. The minimum Gasteiger partial charge on any atom is -0.497 e. The second kappa shape index (κ2) is 10.1. The number of primary sulfonamides is 1. The summed E-state index contributed by atoms with van der Waals surface area (Å²) < 4.78 is 33.5. The van der Waals surface area contributed by atoms with E-state index in [0.29, 0.717) is 19.5 Å². The Morgan fingerprint density at radius 2 is 1.90 bits per heavy atom. The molecule has 1 fully saturated rings. The molecule has 1 aliphatic heterocycles. The van der Waals surface area contributed by atoms with E-state index in [-0.39, 0.29) is 16.8 Å². The zero-order valence-electron chi connectivity index (χ0n) is 17.8. The molecule has 0 bridgehead atoms. The summed E-state index contributed by atoms with van der Waals surface area (Å²) in [5.41, 5.74) is 1.95. The highest BCUT2D eigenvalue weighted by Gasteiger charge is 2.30. The topological polar surface area (TPSA) is 111 Å². The maximum Gasteiger partial charge on any atom is 0.238 e. The third kappa shape index (κ3) is 5.96. The standard InChI is InChI=1S/C22H29N3O5S/c1-29-17-7-10-21(30-2)19(14-17)20-4-3-13-25(20)15-22(26)24-12-11-16-5-8-18(9-6-16)31(23,27)28/h5-10,14,20H,3-4,11-13,15H2,1-2H3,(H,24,26)(H2,23,27,28). The second-order valence-electron chi connectivity index (χ2n) is 7.53. The Bertz CT molecular complexity index is 1010. The van der Waals surface area contributed by atoms with Crippen molar-refractivity contribution in [1.82, 2.24) is 10.2 Å². The molecule has 31 heavy (non-hydrogen) atoms. The van der Waals surface area contributed by atoms with Crippen molar-refractivity contribution < 1.29 is 22.7 Å². The predicted molar refractivity (Wildman–Crippen MR) is 118 cm³/mol. The van der Waals surface area contributed by atoms with Crippen molar-refractivity contribution in [3.63, 3.8) is 0 Å². The van der Waals surface area contributed by atoms with Crippen LogP contribution in [0.25, 0.3) is 0 Å². The number of hydrogen-bond acceptors (Lipinski definition) is 6. The number of ether oxygens (including phenoxy) is 2. The summed E-state index contributed by atoms with van der Waals surface area (Å²) in [5, 5.41) is 8.05. The van der Waals surface area contributed by atoms with Gasteiger partial charge in [0.25, 0.3) is 0 Å². The lowest BCUT2D eigenvalue weighted by molar-refractivity contribution is -0.122. The lowest BCUT2D eigenvalue weighted by Gasteiger charge is -2.26. The van der Waals surface area contributed by atoms with Gasteiger partial charge in [-0.25, -0.2) is 13.6 Å². The molecule has 2 aromatic rings. The molecule has 168 valence electrons. The van der Waals surface area contributed by atoms with E-state index >= 15 is 0 Å². The summed E-state index contributed by atoms with van der Waals surface area (Å²) in [5.74, 6) is 1.51. The van der Waals surface area contributed by atoms with Crippen molar-refractivity contribution in [2.75, 3.05) is 33.9 Å². The number of nitrogens with two attached hydrogens (primary N) is 1. The summed E-state index contributed by atoms with van der Waals surface area (Å²) in [7, 11) is -0.418. The van der Waals surface area contributed by atoms with E-state index in [0.717, 1.165) is 42.0 Å². The van der Waals surface area contributed by atoms with E-state index in [9.17, 15) is 13.2 Å². The van der Waals surface area contributed by atoms with Gasteiger partial charge < -0.3 is 14.8 Å². The van der Waals surface area contributed by atoms with Crippen LogP contribution in [0.1, 0.15) is 30.0 Å². The summed E-state index contributed by atoms with van der Waals surface area (Å²) in [6.07, 6.45) is 2.56. The number of carbonyl (C=O) groups is 1. The first-order valence-corrected chi connectivity index (χ1v) is 11.7. The van der Waals surface area contributed by atoms with Crippen molar-refractivity contribution in [2.45, 2.75) is 30.2 Å². The molecule has 3 rings (SSSR count). The van der Waals surface area contributed by atoms with Crippen LogP contribution in [0.5, 0.6) is 11.5 Å². The van der Waals surface area contributed by atoms with Crippen LogP contribution >= 0.6 is 0 Å². The number of sulfonamides is 1. The van der Waals surface area contributed by atoms with E-state index in [1.54, 1.807) is 26.4 Å². The molecule has 3 N–H and O–H groups in total. The molecule has 1 unspecified atom stereocenters. The Morgan fingerprint density at radius 1 is 1.16 bits per heavy atom. The van der Waals surface area contributed by atoms with Crippen LogP contribution in [0.4, 0.5) is 0 Å². The smallest absolute Gasteiger partial charge is 0.238 e. The third-order valence-electron chi connectivity index (χ3n) is 5.49. The van der Waals surface area contributed by atoms with Gasteiger partial charge in [-0.15, -0.1) is 0 Å². The first-order valence-electron chi connectivity index (χ1n) is 10.2. The molecule has 0 aromatic heterocycles. The van der Waals surface area contributed by atoms with Crippen LogP contribution in [-0.2, 0) is 21.2 Å². The minimum absolute atomic E-state index is 0.0464. The highest BCUT2D eigenvalue weighted by atomic mass is 32.2. The van der Waals surface area contributed by atoms with Crippen molar-refractivity contribution in [3.8, 4) is 11.5 Å². The van der Waals surface area contributed by atoms with Gasteiger partial charge in [0.15, 0.2) is 0 Å². The van der Waals surface area contributed by atoms with Crippen LogP contribution in [0, 0.1) is 0 Å². The Balaban J connectivity index is 1.55. The number of rotatable bonds is 9. The largest absolute Gasteiger partial charge is 0.497 e. The fourth-order valence-corrected chi connectivity index (χ4v) is 4.42. The molecule has 1 aliphatic rings. The van der Waals surface area contributed by atoms with E-state index in [2.05, 4.69) is 10.2 Å². The molecule has 1 heterocycles. The van der Waals surface area contributed by atoms with Gasteiger partial charge in [0, 0.05) is 18.2 Å². The summed E-state index contributed by atoms with van der Waals surface area (Å²) in [4.78, 5) is 14.8. The molecule has 0 aliphatic carbocycles. The summed E-state index contributed by atoms with van der Waals surface area (Å²) in [6.45, 7) is 1.61. The molecular weight excluding hydrogens is 418 g/mol. The fourth-order valence-electron chi connectivity index (χ4n) is 3.90. The summed E-state index contributed by atoms with van der Waals surface area (Å²) >= 11 is 0. The van der Waals surface area contributed by atoms with Gasteiger partial charge in [0.05, 0.1) is 25.7 Å². The Hall–Kier alpha value is -2.62. The van der Waals surface area contributed by atoms with E-state index < -0.39 is 10.0 Å². The fraction of sp³-hybridized carbons (Fsp3) is 0.409. The van der Waals surface area contributed by atoms with Gasteiger partial charge in [0.2, 0.25) is 15.9 Å². The first kappa shape index (κ1) is 23.1. The maximum absolute atomic E-state index is 12.5. The van der Waals surface area contributed by atoms with Crippen LogP contribution in [0.2, 0.25) is 0 Å². The molecular formula is C22H29N3O5S. The molecule has 0 radical (unpaired) electrons. The number of nitrogens with zero attached hydrogens (tertiary/aromatic N) is 1. The lowest BCUT2D eigenvalue weighted by Crippen LogP contribution is -2.37. The zero-order chi connectivity index (χ0) is 22.4. The van der Waals surface area contributed by atoms with Gasteiger partial charge >= 0.3 is 0 Å². The van der Waals surface area contributed by atoms with Crippen LogP contribution in [-0.4, -0.2) is 53.1 Å². The molecule has 1 atom stereocenters. The van der Waals surface area contributed by atoms with E-state index in [1.807, 2.05) is 18.2 Å². The van der Waals surface area contributed by atoms with Gasteiger partial charge in [-0.1, -0.05) is 12.1 Å². The monoisotopic (exact) mass is 447 g/mol. The number of nitrogens with one attached hydrogen (secondary N) is 1. The minimum atomic E-state index is -3.70. The van der Waals surface area contributed by atoms with Crippen molar-refractivity contribution in [3.05, 3.63) is 53.6 Å². The molecule has 1 saturated heterocycles. The van der Waals surface area contributed by atoms with E-state index in [4.69, 9.17) is 14.6 Å². The van der Waals surface area contributed by atoms with Crippen molar-refractivity contribution in [1.29, 1.82) is 0 Å². The molecule has 8 nitrogen and oxygen atoms in total. The maximum atomic E-state index is 12.5. The highest BCUT2D eigenvalue weighted by Crippen LogP contribution is 2.38. The predicted octanol–water partition coefficient (Wildman–Crippen LogP) is 1.85. The molecule has 0 saturated carbocycles. The highest BCUT2D eigenvalue weighted by molar-refractivity contribution is 7.89. The average Bonchev–Trinajstić information content (AvgIpc) is 3.20. The first-order chi connectivity index (χ1) is 14.8. The van der Waals surface area contributed by atoms with Crippen LogP contribution in [0.15, 0.2) is 47.4 Å². The van der Waals surface area contributed by atoms with Crippen LogP contribution in [0.3, 0.4) is 0 Å². The quantitative estimate of drug-likeness (QED) is 0.607. The van der Waals surface area contributed by atoms with Crippen LogP contribution < -0.4 is 19.9 Å². The van der Waals surface area contributed by atoms with Crippen molar-refractivity contribution >= 4 is 15.9 Å². The number of hydrogen-bond donors (Lipinski definition) is 2. The Labute approximate surface area is 183 Å². The molecule has 9 heteroatoms. The number of likely N-dealkylation sites (tertiary alicyclic amines) is 1. The van der Waals surface area contributed by atoms with E-state index in [1.165, 1.54) is 12.1 Å². The van der Waals surface area contributed by atoms with Gasteiger partial charge in [-0.3, -0.25) is 9.69 Å². The normalized spacial score (nSPS) is 16.8. The second-order valence-corrected chi connectivity index (χ2v) is 9.09. The summed E-state index contributed by atoms with van der Waals surface area (Å²) in [6, 6.07) is 12.2. The lowest BCUT2D eigenvalue weighted by atomic mass is 10.0. The van der Waals surface area contributed by atoms with Gasteiger partial charge in [-0.2, -0.15) is 0 Å². The number of carbonyl (C=O) groups excluding carboxylic acids is 1. The molecule has 0 spiro atoms. The number of methoxy groups -OCH3 is 2. The number of benzene rings is 2. The number of amides is 1. The molecule has 1 amide bonds. The zero-order valence-corrected chi connectivity index (χ0v) is 18.7. The van der Waals surface area contributed by atoms with Gasteiger partial charge in [-0.05, 0) is 61.7 Å². The Morgan fingerprint density at radius 3 is 2.55 bits per heavy atom. The Kier molecular flexibility index (Phi) is 7.53. The van der Waals surface area contributed by atoms with Gasteiger partial charge in [0.1, 0.15) is 11.5 Å². The van der Waals surface area contributed by atoms with Crippen molar-refractivity contribution in [2.24, 2.45) is 5.14 Å².